The average molecular weight is 379 g/mol. The van der Waals surface area contributed by atoms with Crippen molar-refractivity contribution in [1.82, 2.24) is 0 Å². The lowest BCUT2D eigenvalue weighted by Gasteiger charge is -2.13. The molecule has 1 amide bonds. The molecule has 0 aromatic heterocycles. The summed E-state index contributed by atoms with van der Waals surface area (Å²) in [5, 5.41) is 2.58. The van der Waals surface area contributed by atoms with Gasteiger partial charge in [0.1, 0.15) is 5.82 Å². The first-order valence-corrected chi connectivity index (χ1v) is 9.47. The lowest BCUT2D eigenvalue weighted by Crippen LogP contribution is -2.30. The monoisotopic (exact) mass is 379 g/mol. The molecule has 2 rings (SSSR count). The van der Waals surface area contributed by atoms with Gasteiger partial charge in [-0.15, -0.1) is 0 Å². The van der Waals surface area contributed by atoms with Crippen molar-refractivity contribution in [3.63, 3.8) is 0 Å². The summed E-state index contributed by atoms with van der Waals surface area (Å²) in [5.74, 6) is -2.39. The van der Waals surface area contributed by atoms with Gasteiger partial charge in [-0.1, -0.05) is 18.2 Å². The van der Waals surface area contributed by atoms with E-state index >= 15 is 0 Å². The first-order chi connectivity index (χ1) is 12.3. The molecule has 0 aliphatic heterocycles. The maximum absolute atomic E-state index is 12.9. The zero-order valence-electron chi connectivity index (χ0n) is 14.0. The highest BCUT2D eigenvalue weighted by atomic mass is 32.2. The zero-order chi connectivity index (χ0) is 19.2. The molecule has 0 bridgehead atoms. The summed E-state index contributed by atoms with van der Waals surface area (Å²) in [5.41, 5.74) is 0.555. The van der Waals surface area contributed by atoms with Gasteiger partial charge in [-0.05, 0) is 43.3 Å². The van der Waals surface area contributed by atoms with Gasteiger partial charge in [0.05, 0.1) is 17.1 Å². The van der Waals surface area contributed by atoms with E-state index in [9.17, 15) is 22.4 Å². The van der Waals surface area contributed by atoms with Gasteiger partial charge >= 0.3 is 5.97 Å². The van der Waals surface area contributed by atoms with Crippen LogP contribution in [0.1, 0.15) is 13.3 Å². The first-order valence-electron chi connectivity index (χ1n) is 7.81. The van der Waals surface area contributed by atoms with Crippen molar-refractivity contribution in [2.24, 2.45) is 0 Å². The number of nitrogens with one attached hydrogen (secondary N) is 1. The van der Waals surface area contributed by atoms with Crippen LogP contribution in [0.4, 0.5) is 10.1 Å². The third kappa shape index (κ3) is 5.66. The molecule has 138 valence electrons. The number of para-hydroxylation sites is 1. The molecule has 0 heterocycles. The van der Waals surface area contributed by atoms with Crippen LogP contribution < -0.4 is 5.32 Å². The summed E-state index contributed by atoms with van der Waals surface area (Å²) in [4.78, 5) is 23.7. The zero-order valence-corrected chi connectivity index (χ0v) is 14.8. The van der Waals surface area contributed by atoms with Gasteiger partial charge in [-0.25, -0.2) is 12.8 Å². The molecule has 1 atom stereocenters. The summed E-state index contributed by atoms with van der Waals surface area (Å²) in [6, 6.07) is 13.0. The number of rotatable bonds is 7. The Labute approximate surface area is 150 Å². The fraction of sp³-hybridized carbons (Fsp3) is 0.222. The van der Waals surface area contributed by atoms with E-state index in [0.717, 1.165) is 24.3 Å². The molecule has 0 saturated carbocycles. The van der Waals surface area contributed by atoms with E-state index in [4.69, 9.17) is 4.74 Å². The number of esters is 1. The quantitative estimate of drug-likeness (QED) is 0.590. The summed E-state index contributed by atoms with van der Waals surface area (Å²) >= 11 is 0. The minimum atomic E-state index is -3.74. The standard InChI is InChI=1S/C18H18FNO5S/c1-13(18(22)20-15-5-3-2-4-6-15)25-17(21)11-12-26(23,24)16-9-7-14(19)8-10-16/h2-10,13H,11-12H2,1H3,(H,20,22)/t13-/m0/s1. The summed E-state index contributed by atoms with van der Waals surface area (Å²) in [7, 11) is -3.74. The normalized spacial score (nSPS) is 12.2. The van der Waals surface area contributed by atoms with Gasteiger partial charge in [-0.3, -0.25) is 9.59 Å². The van der Waals surface area contributed by atoms with E-state index in [1.165, 1.54) is 6.92 Å². The van der Waals surface area contributed by atoms with Gasteiger partial charge in [0.25, 0.3) is 5.91 Å². The highest BCUT2D eigenvalue weighted by Crippen LogP contribution is 2.13. The van der Waals surface area contributed by atoms with Crippen molar-refractivity contribution in [1.29, 1.82) is 0 Å². The Balaban J connectivity index is 1.85. The molecule has 6 nitrogen and oxygen atoms in total. The molecule has 26 heavy (non-hydrogen) atoms. The lowest BCUT2D eigenvalue weighted by molar-refractivity contribution is -0.152. The molecular formula is C18H18FNO5S. The summed E-state index contributed by atoms with van der Waals surface area (Å²) in [6.07, 6.45) is -1.49. The summed E-state index contributed by atoms with van der Waals surface area (Å²) < 4.78 is 42.0. The van der Waals surface area contributed by atoms with E-state index in [-0.39, 0.29) is 4.90 Å². The topological polar surface area (TPSA) is 89.5 Å². The predicted octanol–water partition coefficient (Wildman–Crippen LogP) is 2.56. The minimum Gasteiger partial charge on any atom is -0.453 e. The van der Waals surface area contributed by atoms with Crippen LogP contribution in [0, 0.1) is 5.82 Å². The molecule has 0 spiro atoms. The number of sulfone groups is 1. The Bertz CT molecular complexity index is 866. The number of hydrogen-bond donors (Lipinski definition) is 1. The third-order valence-corrected chi connectivity index (χ3v) is 5.20. The van der Waals surface area contributed by atoms with Gasteiger partial charge in [0.15, 0.2) is 15.9 Å². The number of carbonyl (C=O) groups excluding carboxylic acids is 2. The smallest absolute Gasteiger partial charge is 0.307 e. The van der Waals surface area contributed by atoms with E-state index in [1.807, 2.05) is 0 Å². The number of carbonyl (C=O) groups is 2. The maximum Gasteiger partial charge on any atom is 0.307 e. The van der Waals surface area contributed by atoms with Crippen LogP contribution in [0.15, 0.2) is 59.5 Å². The summed E-state index contributed by atoms with van der Waals surface area (Å²) in [6.45, 7) is 1.39. The highest BCUT2D eigenvalue weighted by Gasteiger charge is 2.21. The van der Waals surface area contributed by atoms with Gasteiger partial charge in [0, 0.05) is 5.69 Å². The third-order valence-electron chi connectivity index (χ3n) is 3.47. The molecule has 8 heteroatoms. The number of ether oxygens (including phenoxy) is 1. The number of hydrogen-bond acceptors (Lipinski definition) is 5. The molecular weight excluding hydrogens is 361 g/mol. The first kappa shape index (κ1) is 19.6. The van der Waals surface area contributed by atoms with E-state index < -0.39 is 45.8 Å². The van der Waals surface area contributed by atoms with Crippen LogP contribution in [-0.2, 0) is 24.2 Å². The molecule has 0 saturated heterocycles. The van der Waals surface area contributed by atoms with Crippen molar-refractivity contribution in [2.75, 3.05) is 11.1 Å². The Morgan fingerprint density at radius 1 is 1.08 bits per heavy atom. The van der Waals surface area contributed by atoms with Crippen LogP contribution in [0.2, 0.25) is 0 Å². The van der Waals surface area contributed by atoms with Crippen LogP contribution in [0.25, 0.3) is 0 Å². The SMILES string of the molecule is C[C@H](OC(=O)CCS(=O)(=O)c1ccc(F)cc1)C(=O)Nc1ccccc1. The predicted molar refractivity (Wildman–Crippen MR) is 93.7 cm³/mol. The minimum absolute atomic E-state index is 0.0819. The molecule has 0 unspecified atom stereocenters. The number of anilines is 1. The average Bonchev–Trinajstić information content (AvgIpc) is 2.61. The van der Waals surface area contributed by atoms with E-state index in [2.05, 4.69) is 5.32 Å². The van der Waals surface area contributed by atoms with Crippen LogP contribution in [0.3, 0.4) is 0 Å². The molecule has 0 radical (unpaired) electrons. The molecule has 0 aliphatic rings. The second-order valence-electron chi connectivity index (χ2n) is 5.51. The number of halogens is 1. The number of benzene rings is 2. The largest absolute Gasteiger partial charge is 0.453 e. The molecule has 1 N–H and O–H groups in total. The van der Waals surface area contributed by atoms with Crippen molar-refractivity contribution >= 4 is 27.4 Å². The molecule has 0 aliphatic carbocycles. The van der Waals surface area contributed by atoms with Crippen molar-refractivity contribution in [3.8, 4) is 0 Å². The lowest BCUT2D eigenvalue weighted by atomic mass is 10.3. The van der Waals surface area contributed by atoms with Crippen LogP contribution in [0.5, 0.6) is 0 Å². The second kappa shape index (κ2) is 8.57. The van der Waals surface area contributed by atoms with Crippen molar-refractivity contribution < 1.29 is 27.1 Å². The van der Waals surface area contributed by atoms with E-state index in [0.29, 0.717) is 5.69 Å². The molecule has 0 fully saturated rings. The van der Waals surface area contributed by atoms with Gasteiger partial charge in [-0.2, -0.15) is 0 Å². The Hall–Kier alpha value is -2.74. The van der Waals surface area contributed by atoms with E-state index in [1.54, 1.807) is 30.3 Å². The second-order valence-corrected chi connectivity index (χ2v) is 7.62. The fourth-order valence-electron chi connectivity index (χ4n) is 2.05. The van der Waals surface area contributed by atoms with Crippen molar-refractivity contribution in [3.05, 3.63) is 60.4 Å². The van der Waals surface area contributed by atoms with Crippen LogP contribution in [-0.4, -0.2) is 32.2 Å². The number of amides is 1. The Kier molecular flexibility index (Phi) is 6.46. The van der Waals surface area contributed by atoms with Crippen LogP contribution >= 0.6 is 0 Å². The van der Waals surface area contributed by atoms with Gasteiger partial charge in [0.2, 0.25) is 0 Å². The fourth-order valence-corrected chi connectivity index (χ4v) is 3.27. The Morgan fingerprint density at radius 3 is 2.31 bits per heavy atom. The maximum atomic E-state index is 12.9. The Morgan fingerprint density at radius 2 is 1.69 bits per heavy atom. The van der Waals surface area contributed by atoms with Gasteiger partial charge < -0.3 is 10.1 Å². The molecule has 2 aromatic rings. The highest BCUT2D eigenvalue weighted by molar-refractivity contribution is 7.91. The van der Waals surface area contributed by atoms with Crippen molar-refractivity contribution in [2.45, 2.75) is 24.3 Å². The molecule has 2 aromatic carbocycles.